The van der Waals surface area contributed by atoms with Gasteiger partial charge in [0.05, 0.1) is 17.1 Å². The van der Waals surface area contributed by atoms with E-state index in [0.29, 0.717) is 23.6 Å². The van der Waals surface area contributed by atoms with Crippen molar-refractivity contribution in [1.82, 2.24) is 10.3 Å². The van der Waals surface area contributed by atoms with Gasteiger partial charge in [0.15, 0.2) is 5.75 Å². The third kappa shape index (κ3) is 4.98. The summed E-state index contributed by atoms with van der Waals surface area (Å²) in [5.74, 6) is 0.314. The van der Waals surface area contributed by atoms with Crippen LogP contribution in [0.1, 0.15) is 40.9 Å². The van der Waals surface area contributed by atoms with Gasteiger partial charge in [-0.1, -0.05) is 116 Å². The number of carbonyl (C=O) groups is 1. The van der Waals surface area contributed by atoms with Crippen molar-refractivity contribution in [2.75, 3.05) is 0 Å². The highest BCUT2D eigenvalue weighted by Gasteiger charge is 2.25. The summed E-state index contributed by atoms with van der Waals surface area (Å²) in [5, 5.41) is 4.03. The molecular formula is C32H28N2O2. The normalized spacial score (nSPS) is 11.7. The van der Waals surface area contributed by atoms with Crippen LogP contribution in [0.2, 0.25) is 0 Å². The van der Waals surface area contributed by atoms with Gasteiger partial charge in [-0.3, -0.25) is 4.79 Å². The fourth-order valence-corrected chi connectivity index (χ4v) is 4.42. The second-order valence-electron chi connectivity index (χ2n) is 8.67. The molecule has 1 heterocycles. The lowest BCUT2D eigenvalue weighted by Gasteiger charge is -2.21. The Morgan fingerprint density at radius 3 is 2.11 bits per heavy atom. The predicted octanol–water partition coefficient (Wildman–Crippen LogP) is 7.36. The second kappa shape index (κ2) is 10.9. The zero-order valence-electron chi connectivity index (χ0n) is 20.2. The lowest BCUT2D eigenvalue weighted by molar-refractivity contribution is 0.0933. The van der Waals surface area contributed by atoms with Gasteiger partial charge in [0.2, 0.25) is 0 Å². The Balaban J connectivity index is 1.64. The molecule has 1 aromatic heterocycles. The van der Waals surface area contributed by atoms with Crippen LogP contribution in [0.4, 0.5) is 0 Å². The first-order chi connectivity index (χ1) is 17.7. The standard InChI is InChI=1S/C32H28N2O2/c1-2-27(24-16-8-4-9-17-24)34-32(35)29-26-20-12-13-21-28(26)33-30(25-18-10-5-11-19-25)31(29)36-22-23-14-6-3-7-15-23/h3-21,27H,2,22H2,1H3,(H,34,35). The molecule has 178 valence electrons. The molecule has 0 spiro atoms. The summed E-state index contributed by atoms with van der Waals surface area (Å²) in [7, 11) is 0. The number of para-hydroxylation sites is 1. The molecule has 1 amide bonds. The number of amides is 1. The minimum atomic E-state index is -0.176. The van der Waals surface area contributed by atoms with E-state index in [1.165, 1.54) is 0 Å². The SMILES string of the molecule is CCC(NC(=O)c1c(OCc2ccccc2)c(-c2ccccc2)nc2ccccc12)c1ccccc1. The molecule has 0 saturated carbocycles. The Morgan fingerprint density at radius 2 is 1.42 bits per heavy atom. The van der Waals surface area contributed by atoms with Crippen molar-refractivity contribution in [2.24, 2.45) is 0 Å². The van der Waals surface area contributed by atoms with Crippen LogP contribution in [-0.4, -0.2) is 10.9 Å². The van der Waals surface area contributed by atoms with E-state index in [1.807, 2.05) is 115 Å². The molecule has 4 heteroatoms. The third-order valence-corrected chi connectivity index (χ3v) is 6.26. The number of rotatable bonds is 8. The lowest BCUT2D eigenvalue weighted by atomic mass is 10.00. The molecule has 0 fully saturated rings. The van der Waals surface area contributed by atoms with Gasteiger partial charge in [-0.25, -0.2) is 4.98 Å². The molecule has 0 bridgehead atoms. The van der Waals surface area contributed by atoms with Crippen LogP contribution in [0.25, 0.3) is 22.2 Å². The maximum atomic E-state index is 14.0. The molecular weight excluding hydrogens is 444 g/mol. The molecule has 5 rings (SSSR count). The number of hydrogen-bond donors (Lipinski definition) is 1. The highest BCUT2D eigenvalue weighted by molar-refractivity contribution is 6.10. The average molecular weight is 473 g/mol. The van der Waals surface area contributed by atoms with E-state index in [2.05, 4.69) is 12.2 Å². The number of hydrogen-bond acceptors (Lipinski definition) is 3. The Hall–Kier alpha value is -4.44. The van der Waals surface area contributed by atoms with Crippen LogP contribution in [0.3, 0.4) is 0 Å². The molecule has 1 N–H and O–H groups in total. The molecule has 4 aromatic carbocycles. The van der Waals surface area contributed by atoms with Gasteiger partial charge in [-0.15, -0.1) is 0 Å². The van der Waals surface area contributed by atoms with E-state index in [-0.39, 0.29) is 11.9 Å². The highest BCUT2D eigenvalue weighted by atomic mass is 16.5. The summed E-state index contributed by atoms with van der Waals surface area (Å²) in [6, 6.07) is 37.5. The van der Waals surface area contributed by atoms with Crippen molar-refractivity contribution in [1.29, 1.82) is 0 Å². The van der Waals surface area contributed by atoms with Gasteiger partial charge < -0.3 is 10.1 Å². The molecule has 1 atom stereocenters. The lowest BCUT2D eigenvalue weighted by Crippen LogP contribution is -2.29. The van der Waals surface area contributed by atoms with Crippen molar-refractivity contribution in [3.05, 3.63) is 132 Å². The van der Waals surface area contributed by atoms with Gasteiger partial charge in [0.1, 0.15) is 12.3 Å². The number of pyridine rings is 1. The maximum Gasteiger partial charge on any atom is 0.256 e. The topological polar surface area (TPSA) is 51.2 Å². The number of fused-ring (bicyclic) bond motifs is 1. The fourth-order valence-electron chi connectivity index (χ4n) is 4.42. The summed E-state index contributed by atoms with van der Waals surface area (Å²) >= 11 is 0. The Labute approximate surface area is 211 Å². The second-order valence-corrected chi connectivity index (χ2v) is 8.67. The number of nitrogens with one attached hydrogen (secondary N) is 1. The van der Waals surface area contributed by atoms with E-state index >= 15 is 0 Å². The van der Waals surface area contributed by atoms with Crippen molar-refractivity contribution < 1.29 is 9.53 Å². The first-order valence-corrected chi connectivity index (χ1v) is 12.2. The molecule has 0 aliphatic heterocycles. The largest absolute Gasteiger partial charge is 0.486 e. The van der Waals surface area contributed by atoms with Crippen LogP contribution in [0.15, 0.2) is 115 Å². The number of ether oxygens (including phenoxy) is 1. The van der Waals surface area contributed by atoms with Crippen molar-refractivity contribution in [3.63, 3.8) is 0 Å². The van der Waals surface area contributed by atoms with Gasteiger partial charge in [0, 0.05) is 10.9 Å². The summed E-state index contributed by atoms with van der Waals surface area (Å²) in [6.07, 6.45) is 0.768. The smallest absolute Gasteiger partial charge is 0.256 e. The van der Waals surface area contributed by atoms with Crippen LogP contribution >= 0.6 is 0 Å². The quantitative estimate of drug-likeness (QED) is 0.257. The minimum Gasteiger partial charge on any atom is -0.486 e. The van der Waals surface area contributed by atoms with E-state index in [0.717, 1.165) is 34.0 Å². The van der Waals surface area contributed by atoms with Crippen LogP contribution in [0.5, 0.6) is 5.75 Å². The summed E-state index contributed by atoms with van der Waals surface area (Å²) in [5.41, 5.74) is 4.90. The van der Waals surface area contributed by atoms with Gasteiger partial charge in [0.25, 0.3) is 5.91 Å². The first-order valence-electron chi connectivity index (χ1n) is 12.2. The minimum absolute atomic E-state index is 0.118. The van der Waals surface area contributed by atoms with Crippen LogP contribution in [-0.2, 0) is 6.61 Å². The maximum absolute atomic E-state index is 14.0. The average Bonchev–Trinajstić information content (AvgIpc) is 2.95. The van der Waals surface area contributed by atoms with Crippen LogP contribution < -0.4 is 10.1 Å². The number of carbonyl (C=O) groups excluding carboxylic acids is 1. The van der Waals surface area contributed by atoms with Crippen molar-refractivity contribution in [2.45, 2.75) is 26.0 Å². The van der Waals surface area contributed by atoms with E-state index < -0.39 is 0 Å². The molecule has 0 aliphatic carbocycles. The third-order valence-electron chi connectivity index (χ3n) is 6.26. The number of aromatic nitrogens is 1. The van der Waals surface area contributed by atoms with Crippen LogP contribution in [0, 0.1) is 0 Å². The zero-order chi connectivity index (χ0) is 24.7. The van der Waals surface area contributed by atoms with Gasteiger partial charge in [-0.2, -0.15) is 0 Å². The fraction of sp³-hybridized carbons (Fsp3) is 0.125. The molecule has 5 aromatic rings. The monoisotopic (exact) mass is 472 g/mol. The molecule has 0 saturated heterocycles. The Bertz CT molecular complexity index is 1450. The summed E-state index contributed by atoms with van der Waals surface area (Å²) in [4.78, 5) is 19.0. The van der Waals surface area contributed by atoms with Crippen molar-refractivity contribution in [3.8, 4) is 17.0 Å². The Morgan fingerprint density at radius 1 is 0.806 bits per heavy atom. The number of benzene rings is 4. The molecule has 1 unspecified atom stereocenters. The highest BCUT2D eigenvalue weighted by Crippen LogP contribution is 2.37. The first kappa shape index (κ1) is 23.3. The molecule has 0 aliphatic rings. The van der Waals surface area contributed by atoms with Gasteiger partial charge >= 0.3 is 0 Å². The number of nitrogens with zero attached hydrogens (tertiary/aromatic N) is 1. The molecule has 4 nitrogen and oxygen atoms in total. The molecule has 36 heavy (non-hydrogen) atoms. The van der Waals surface area contributed by atoms with E-state index in [9.17, 15) is 4.79 Å². The van der Waals surface area contributed by atoms with E-state index in [1.54, 1.807) is 0 Å². The predicted molar refractivity (Wildman–Crippen MR) is 145 cm³/mol. The summed E-state index contributed by atoms with van der Waals surface area (Å²) in [6.45, 7) is 2.40. The van der Waals surface area contributed by atoms with Crippen molar-refractivity contribution >= 4 is 16.8 Å². The Kier molecular flexibility index (Phi) is 7.04. The summed E-state index contributed by atoms with van der Waals surface area (Å²) < 4.78 is 6.44. The zero-order valence-corrected chi connectivity index (χ0v) is 20.2. The van der Waals surface area contributed by atoms with E-state index in [4.69, 9.17) is 9.72 Å². The molecule has 0 radical (unpaired) electrons. The van der Waals surface area contributed by atoms with Gasteiger partial charge in [-0.05, 0) is 23.6 Å².